The van der Waals surface area contributed by atoms with E-state index < -0.39 is 18.5 Å². The van der Waals surface area contributed by atoms with Gasteiger partial charge in [-0.05, 0) is 55.5 Å². The fourth-order valence-corrected chi connectivity index (χ4v) is 4.29. The summed E-state index contributed by atoms with van der Waals surface area (Å²) in [6.07, 6.45) is 6.91. The van der Waals surface area contributed by atoms with E-state index in [0.717, 1.165) is 42.8 Å². The lowest BCUT2D eigenvalue weighted by atomic mass is 10.1. The lowest BCUT2D eigenvalue weighted by Crippen LogP contribution is -2.26. The van der Waals surface area contributed by atoms with E-state index >= 15 is 0 Å². The molecule has 8 heteroatoms. The number of fused-ring (bicyclic) bond motifs is 2. The van der Waals surface area contributed by atoms with Crippen molar-refractivity contribution >= 4 is 40.2 Å². The van der Waals surface area contributed by atoms with Gasteiger partial charge in [0.1, 0.15) is 5.82 Å². The van der Waals surface area contributed by atoms with Crippen LogP contribution < -0.4 is 10.9 Å². The van der Waals surface area contributed by atoms with E-state index in [1.54, 1.807) is 40.6 Å². The van der Waals surface area contributed by atoms with Crippen molar-refractivity contribution in [2.24, 2.45) is 0 Å². The van der Waals surface area contributed by atoms with Crippen LogP contribution in [0.25, 0.3) is 10.9 Å². The highest BCUT2D eigenvalue weighted by Gasteiger charge is 2.16. The van der Waals surface area contributed by atoms with Crippen molar-refractivity contribution in [3.05, 3.63) is 64.2 Å². The summed E-state index contributed by atoms with van der Waals surface area (Å²) in [6, 6.07) is 12.1. The minimum atomic E-state index is -0.631. The lowest BCUT2D eigenvalue weighted by Gasteiger charge is -2.16. The predicted octanol–water partition coefficient (Wildman–Crippen LogP) is 4.03. The van der Waals surface area contributed by atoms with Crippen LogP contribution in [0.1, 0.15) is 41.9 Å². The van der Waals surface area contributed by atoms with Gasteiger partial charge in [-0.25, -0.2) is 9.78 Å². The number of hydrogen-bond acceptors (Lipinski definition) is 6. The van der Waals surface area contributed by atoms with Gasteiger partial charge in [0.05, 0.1) is 16.5 Å². The zero-order chi connectivity index (χ0) is 22.5. The second-order valence-corrected chi connectivity index (χ2v) is 8.62. The van der Waals surface area contributed by atoms with Crippen molar-refractivity contribution < 1.29 is 14.3 Å². The third-order valence-electron chi connectivity index (χ3n) is 5.49. The topological polar surface area (TPSA) is 90.3 Å². The van der Waals surface area contributed by atoms with E-state index in [2.05, 4.69) is 10.3 Å². The number of rotatable bonds is 5. The number of aryl methyl sites for hydroxylation is 1. The molecule has 32 heavy (non-hydrogen) atoms. The molecule has 0 radical (unpaired) electrons. The van der Waals surface area contributed by atoms with E-state index in [1.807, 2.05) is 24.5 Å². The monoisotopic (exact) mass is 451 g/mol. The van der Waals surface area contributed by atoms with Crippen LogP contribution in [-0.4, -0.2) is 34.3 Å². The molecule has 0 spiro atoms. The van der Waals surface area contributed by atoms with Crippen molar-refractivity contribution in [2.45, 2.75) is 43.5 Å². The Balaban J connectivity index is 1.46. The van der Waals surface area contributed by atoms with Crippen LogP contribution in [0, 0.1) is 0 Å². The molecule has 1 aromatic heterocycles. The molecule has 0 bridgehead atoms. The van der Waals surface area contributed by atoms with Gasteiger partial charge in [-0.1, -0.05) is 18.9 Å². The molecule has 0 aliphatic carbocycles. The van der Waals surface area contributed by atoms with Crippen LogP contribution in [0.3, 0.4) is 0 Å². The zero-order valence-electron chi connectivity index (χ0n) is 17.9. The Morgan fingerprint density at radius 2 is 1.97 bits per heavy atom. The summed E-state index contributed by atoms with van der Waals surface area (Å²) in [5.41, 5.74) is 1.32. The maximum absolute atomic E-state index is 12.9. The van der Waals surface area contributed by atoms with Gasteiger partial charge >= 0.3 is 5.97 Å². The minimum absolute atomic E-state index is 0.0707. The molecule has 1 amide bonds. The first kappa shape index (κ1) is 22.1. The van der Waals surface area contributed by atoms with Crippen LogP contribution in [0.5, 0.6) is 0 Å². The molecule has 0 unspecified atom stereocenters. The lowest BCUT2D eigenvalue weighted by molar-refractivity contribution is -0.119. The summed E-state index contributed by atoms with van der Waals surface area (Å²) in [6.45, 7) is 0.274. The molecule has 1 aliphatic rings. The number of benzene rings is 2. The van der Waals surface area contributed by atoms with E-state index in [1.165, 1.54) is 0 Å². The van der Waals surface area contributed by atoms with Crippen LogP contribution >= 0.6 is 11.8 Å². The van der Waals surface area contributed by atoms with Gasteiger partial charge in [-0.15, -0.1) is 11.8 Å². The first-order valence-electron chi connectivity index (χ1n) is 10.7. The number of anilines is 1. The highest BCUT2D eigenvalue weighted by Crippen LogP contribution is 2.19. The Labute approximate surface area is 190 Å². The molecule has 4 rings (SSSR count). The Bertz CT molecular complexity index is 1220. The summed E-state index contributed by atoms with van der Waals surface area (Å²) in [7, 11) is 0. The second-order valence-electron chi connectivity index (χ2n) is 7.74. The molecule has 0 atom stereocenters. The molecule has 2 heterocycles. The number of aromatic nitrogens is 2. The molecule has 3 aromatic rings. The van der Waals surface area contributed by atoms with Gasteiger partial charge in [0.2, 0.25) is 0 Å². The minimum Gasteiger partial charge on any atom is -0.452 e. The van der Waals surface area contributed by atoms with Crippen molar-refractivity contribution in [3.8, 4) is 0 Å². The van der Waals surface area contributed by atoms with Crippen LogP contribution in [0.4, 0.5) is 5.69 Å². The normalized spacial score (nSPS) is 13.7. The molecular weight excluding hydrogens is 426 g/mol. The number of carbonyl (C=O) groups is 2. The smallest absolute Gasteiger partial charge is 0.338 e. The fourth-order valence-electron chi connectivity index (χ4n) is 3.83. The number of nitrogens with one attached hydrogen (secondary N) is 1. The molecule has 2 aromatic carbocycles. The van der Waals surface area contributed by atoms with Gasteiger partial charge < -0.3 is 10.1 Å². The van der Waals surface area contributed by atoms with E-state index in [-0.39, 0.29) is 11.1 Å². The Morgan fingerprint density at radius 1 is 1.12 bits per heavy atom. The van der Waals surface area contributed by atoms with Gasteiger partial charge in [0.15, 0.2) is 6.61 Å². The van der Waals surface area contributed by atoms with Gasteiger partial charge in [0.25, 0.3) is 11.5 Å². The standard InChI is InChI=1S/C24H25N3O4S/c1-32-18-8-6-7-17(14-18)25-22(28)15-31-24(30)16-10-11-19-20(13-16)26-21-9-4-2-3-5-12-27(21)23(19)29/h6-8,10-11,13-14H,2-5,9,12,15H2,1H3,(H,25,28). The van der Waals surface area contributed by atoms with Crippen LogP contribution in [-0.2, 0) is 22.5 Å². The molecular formula is C24H25N3O4S. The molecule has 0 fully saturated rings. The quantitative estimate of drug-likeness (QED) is 0.465. The first-order valence-corrected chi connectivity index (χ1v) is 11.9. The number of hydrogen-bond donors (Lipinski definition) is 1. The first-order chi connectivity index (χ1) is 15.5. The number of nitrogens with zero attached hydrogens (tertiary/aromatic N) is 2. The van der Waals surface area contributed by atoms with E-state index in [4.69, 9.17) is 4.74 Å². The van der Waals surface area contributed by atoms with Crippen LogP contribution in [0.15, 0.2) is 52.2 Å². The highest BCUT2D eigenvalue weighted by molar-refractivity contribution is 7.98. The van der Waals surface area contributed by atoms with E-state index in [0.29, 0.717) is 23.1 Å². The number of ether oxygens (including phenoxy) is 1. The largest absolute Gasteiger partial charge is 0.452 e. The number of thioether (sulfide) groups is 1. The van der Waals surface area contributed by atoms with E-state index in [9.17, 15) is 14.4 Å². The van der Waals surface area contributed by atoms with Crippen LogP contribution in [0.2, 0.25) is 0 Å². The van der Waals surface area contributed by atoms with Gasteiger partial charge in [-0.3, -0.25) is 14.2 Å². The predicted molar refractivity (Wildman–Crippen MR) is 125 cm³/mol. The average molecular weight is 452 g/mol. The molecule has 7 nitrogen and oxygen atoms in total. The van der Waals surface area contributed by atoms with Crippen molar-refractivity contribution in [2.75, 3.05) is 18.2 Å². The maximum atomic E-state index is 12.9. The summed E-state index contributed by atoms with van der Waals surface area (Å²) < 4.78 is 6.94. The number of carbonyl (C=O) groups excluding carboxylic acids is 2. The van der Waals surface area contributed by atoms with Crippen molar-refractivity contribution in [1.29, 1.82) is 0 Å². The van der Waals surface area contributed by atoms with Crippen molar-refractivity contribution in [1.82, 2.24) is 9.55 Å². The molecule has 0 saturated heterocycles. The summed E-state index contributed by atoms with van der Waals surface area (Å²) in [4.78, 5) is 43.3. The Hall–Kier alpha value is -3.13. The number of amides is 1. The molecule has 1 aliphatic heterocycles. The number of esters is 1. The molecule has 1 N–H and O–H groups in total. The van der Waals surface area contributed by atoms with Crippen molar-refractivity contribution in [3.63, 3.8) is 0 Å². The molecule has 166 valence electrons. The van der Waals surface area contributed by atoms with Gasteiger partial charge in [0, 0.05) is 23.5 Å². The molecule has 0 saturated carbocycles. The van der Waals surface area contributed by atoms with Gasteiger partial charge in [-0.2, -0.15) is 0 Å². The third kappa shape index (κ3) is 5.02. The second kappa shape index (κ2) is 9.99. The summed E-state index contributed by atoms with van der Waals surface area (Å²) in [5, 5.41) is 3.20. The zero-order valence-corrected chi connectivity index (χ0v) is 18.7. The highest BCUT2D eigenvalue weighted by atomic mass is 32.2. The Kier molecular flexibility index (Phi) is 6.90. The maximum Gasteiger partial charge on any atom is 0.338 e. The Morgan fingerprint density at radius 3 is 2.81 bits per heavy atom. The fraction of sp³-hybridized carbons (Fsp3) is 0.333. The third-order valence-corrected chi connectivity index (χ3v) is 6.22. The average Bonchev–Trinajstić information content (AvgIpc) is 2.78. The summed E-state index contributed by atoms with van der Waals surface area (Å²) in [5.74, 6) is -0.289. The summed E-state index contributed by atoms with van der Waals surface area (Å²) >= 11 is 1.57. The SMILES string of the molecule is CSc1cccc(NC(=O)COC(=O)c2ccc3c(=O)n4c(nc3c2)CCCCCC4)c1.